The fourth-order valence-electron chi connectivity index (χ4n) is 1.85. The van der Waals surface area contributed by atoms with E-state index in [4.69, 9.17) is 9.15 Å². The van der Waals surface area contributed by atoms with E-state index in [0.29, 0.717) is 6.04 Å². The molecule has 0 aliphatic carbocycles. The molecule has 15 heavy (non-hydrogen) atoms. The van der Waals surface area contributed by atoms with Crippen molar-refractivity contribution in [2.45, 2.75) is 12.5 Å². The number of furan rings is 1. The van der Waals surface area contributed by atoms with Crippen molar-refractivity contribution >= 4 is 16.8 Å². The molecule has 78 valence electrons. The summed E-state index contributed by atoms with van der Waals surface area (Å²) in [6.07, 6.45) is 4.47. The second-order valence-corrected chi connectivity index (χ2v) is 3.70. The Morgan fingerprint density at radius 3 is 3.27 bits per heavy atom. The lowest BCUT2D eigenvalue weighted by Crippen LogP contribution is -2.19. The predicted molar refractivity (Wildman–Crippen MR) is 56.9 cm³/mol. The summed E-state index contributed by atoms with van der Waals surface area (Å²) in [6.45, 7) is 1.59. The summed E-state index contributed by atoms with van der Waals surface area (Å²) in [6, 6.07) is 4.17. The van der Waals surface area contributed by atoms with Crippen molar-refractivity contribution in [2.75, 3.05) is 18.5 Å². The van der Waals surface area contributed by atoms with Crippen molar-refractivity contribution in [1.82, 2.24) is 4.98 Å². The monoisotopic (exact) mass is 204 g/mol. The maximum Gasteiger partial charge on any atom is 0.139 e. The molecule has 3 heterocycles. The number of pyridine rings is 1. The summed E-state index contributed by atoms with van der Waals surface area (Å²) in [7, 11) is 0. The van der Waals surface area contributed by atoms with Gasteiger partial charge in [0.2, 0.25) is 0 Å². The van der Waals surface area contributed by atoms with E-state index in [1.165, 1.54) is 0 Å². The summed E-state index contributed by atoms with van der Waals surface area (Å²) in [5.41, 5.74) is 0.867. The van der Waals surface area contributed by atoms with E-state index in [1.807, 2.05) is 12.1 Å². The fourth-order valence-corrected chi connectivity index (χ4v) is 1.85. The molecule has 2 aromatic heterocycles. The van der Waals surface area contributed by atoms with Crippen LogP contribution in [0.1, 0.15) is 6.42 Å². The van der Waals surface area contributed by atoms with E-state index in [1.54, 1.807) is 12.5 Å². The van der Waals surface area contributed by atoms with Gasteiger partial charge in [-0.15, -0.1) is 0 Å². The Labute approximate surface area is 87.2 Å². The highest BCUT2D eigenvalue weighted by Gasteiger charge is 2.16. The zero-order valence-electron chi connectivity index (χ0n) is 8.27. The van der Waals surface area contributed by atoms with Gasteiger partial charge in [-0.1, -0.05) is 0 Å². The Bertz CT molecular complexity index is 460. The van der Waals surface area contributed by atoms with Crippen LogP contribution in [-0.2, 0) is 4.74 Å². The lowest BCUT2D eigenvalue weighted by atomic mass is 10.2. The van der Waals surface area contributed by atoms with Crippen LogP contribution in [-0.4, -0.2) is 24.2 Å². The molecule has 2 aromatic rings. The van der Waals surface area contributed by atoms with Crippen molar-refractivity contribution in [1.29, 1.82) is 0 Å². The summed E-state index contributed by atoms with van der Waals surface area (Å²) in [5, 5.41) is 4.41. The zero-order valence-corrected chi connectivity index (χ0v) is 8.27. The van der Waals surface area contributed by atoms with Gasteiger partial charge in [-0.3, -0.25) is 0 Å². The summed E-state index contributed by atoms with van der Waals surface area (Å²) < 4.78 is 10.6. The fraction of sp³-hybridized carbons (Fsp3) is 0.364. The first kappa shape index (κ1) is 8.73. The number of hydrogen-bond donors (Lipinski definition) is 1. The lowest BCUT2D eigenvalue weighted by molar-refractivity contribution is 0.195. The molecule has 1 aliphatic heterocycles. The third kappa shape index (κ3) is 1.57. The van der Waals surface area contributed by atoms with E-state index in [0.717, 1.165) is 36.4 Å². The molecular formula is C11H12N2O2. The van der Waals surface area contributed by atoms with Crippen LogP contribution in [0.5, 0.6) is 0 Å². The molecule has 4 nitrogen and oxygen atoms in total. The van der Waals surface area contributed by atoms with Crippen molar-refractivity contribution in [3.05, 3.63) is 24.6 Å². The van der Waals surface area contributed by atoms with Crippen LogP contribution >= 0.6 is 0 Å². The predicted octanol–water partition coefficient (Wildman–Crippen LogP) is 2.03. The number of anilines is 1. The molecule has 3 rings (SSSR count). The Morgan fingerprint density at radius 1 is 1.40 bits per heavy atom. The van der Waals surface area contributed by atoms with Crippen LogP contribution in [0.4, 0.5) is 5.82 Å². The second-order valence-electron chi connectivity index (χ2n) is 3.70. The Morgan fingerprint density at radius 2 is 2.40 bits per heavy atom. The second kappa shape index (κ2) is 3.55. The molecule has 1 N–H and O–H groups in total. The maximum atomic E-state index is 5.31. The molecule has 1 atom stereocenters. The van der Waals surface area contributed by atoms with Gasteiger partial charge in [-0.25, -0.2) is 4.98 Å². The van der Waals surface area contributed by atoms with Gasteiger partial charge in [0.05, 0.1) is 24.3 Å². The molecule has 1 saturated heterocycles. The molecular weight excluding hydrogens is 192 g/mol. The van der Waals surface area contributed by atoms with E-state index >= 15 is 0 Å². The average Bonchev–Trinajstić information content (AvgIpc) is 2.87. The number of hydrogen-bond acceptors (Lipinski definition) is 4. The first-order chi connectivity index (χ1) is 7.43. The topological polar surface area (TPSA) is 47.3 Å². The first-order valence-electron chi connectivity index (χ1n) is 5.10. The minimum absolute atomic E-state index is 0.373. The van der Waals surface area contributed by atoms with E-state index in [2.05, 4.69) is 10.3 Å². The van der Waals surface area contributed by atoms with Crippen LogP contribution in [0, 0.1) is 0 Å². The van der Waals surface area contributed by atoms with Crippen molar-refractivity contribution in [3.63, 3.8) is 0 Å². The molecule has 0 amide bonds. The van der Waals surface area contributed by atoms with Gasteiger partial charge in [0.1, 0.15) is 11.4 Å². The summed E-state index contributed by atoms with van der Waals surface area (Å²) in [5.74, 6) is 0.886. The molecule has 1 aliphatic rings. The van der Waals surface area contributed by atoms with Crippen LogP contribution in [0.2, 0.25) is 0 Å². The van der Waals surface area contributed by atoms with Crippen LogP contribution in [0.15, 0.2) is 29.0 Å². The number of ether oxygens (including phenoxy) is 1. The molecule has 4 heteroatoms. The van der Waals surface area contributed by atoms with Gasteiger partial charge in [0.15, 0.2) is 0 Å². The van der Waals surface area contributed by atoms with Crippen molar-refractivity contribution in [2.24, 2.45) is 0 Å². The third-order valence-corrected chi connectivity index (χ3v) is 2.65. The lowest BCUT2D eigenvalue weighted by Gasteiger charge is -2.11. The molecule has 0 spiro atoms. The molecule has 0 saturated carbocycles. The van der Waals surface area contributed by atoms with Gasteiger partial charge < -0.3 is 14.5 Å². The molecule has 1 unspecified atom stereocenters. The number of nitrogens with zero attached hydrogens (tertiary/aromatic N) is 1. The SMILES string of the molecule is c1cc2occc2c(NC2CCOC2)n1. The highest BCUT2D eigenvalue weighted by atomic mass is 16.5. The molecule has 1 fully saturated rings. The van der Waals surface area contributed by atoms with Gasteiger partial charge in [-0.2, -0.15) is 0 Å². The number of fused-ring (bicyclic) bond motifs is 1. The summed E-state index contributed by atoms with van der Waals surface area (Å²) in [4.78, 5) is 4.32. The van der Waals surface area contributed by atoms with Gasteiger partial charge in [-0.05, 0) is 18.6 Å². The van der Waals surface area contributed by atoms with Gasteiger partial charge >= 0.3 is 0 Å². The minimum atomic E-state index is 0.373. The maximum absolute atomic E-state index is 5.31. The first-order valence-corrected chi connectivity index (χ1v) is 5.10. The number of rotatable bonds is 2. The quantitative estimate of drug-likeness (QED) is 0.813. The standard InChI is InChI=1S/C11H12N2O2/c1-4-12-11(9-3-6-15-10(1)9)13-8-2-5-14-7-8/h1,3-4,6,8H,2,5,7H2,(H,12,13). The van der Waals surface area contributed by atoms with Crippen LogP contribution in [0.25, 0.3) is 11.0 Å². The van der Waals surface area contributed by atoms with Crippen molar-refractivity contribution in [3.8, 4) is 0 Å². The van der Waals surface area contributed by atoms with Crippen molar-refractivity contribution < 1.29 is 9.15 Å². The Hall–Kier alpha value is -1.55. The molecule has 0 aromatic carbocycles. The van der Waals surface area contributed by atoms with Gasteiger partial charge in [0, 0.05) is 12.8 Å². The highest BCUT2D eigenvalue weighted by molar-refractivity contribution is 5.87. The van der Waals surface area contributed by atoms with E-state index in [9.17, 15) is 0 Å². The Kier molecular flexibility index (Phi) is 2.07. The highest BCUT2D eigenvalue weighted by Crippen LogP contribution is 2.23. The summed E-state index contributed by atoms with van der Waals surface area (Å²) >= 11 is 0. The van der Waals surface area contributed by atoms with Crippen LogP contribution in [0.3, 0.4) is 0 Å². The molecule has 0 radical (unpaired) electrons. The number of nitrogens with one attached hydrogen (secondary N) is 1. The minimum Gasteiger partial charge on any atom is -0.464 e. The smallest absolute Gasteiger partial charge is 0.139 e. The normalized spacial score (nSPS) is 20.9. The molecule has 0 bridgehead atoms. The largest absolute Gasteiger partial charge is 0.464 e. The van der Waals surface area contributed by atoms with Crippen LogP contribution < -0.4 is 5.32 Å². The Balaban J connectivity index is 1.92. The number of aromatic nitrogens is 1. The van der Waals surface area contributed by atoms with E-state index < -0.39 is 0 Å². The zero-order chi connectivity index (χ0) is 10.1. The van der Waals surface area contributed by atoms with Gasteiger partial charge in [0.25, 0.3) is 0 Å². The third-order valence-electron chi connectivity index (χ3n) is 2.65. The van der Waals surface area contributed by atoms with E-state index in [-0.39, 0.29) is 0 Å². The average molecular weight is 204 g/mol.